The molecule has 0 unspecified atom stereocenters. The second kappa shape index (κ2) is 6.19. The third kappa shape index (κ3) is 2.78. The molecule has 1 N–H and O–H groups in total. The standard InChI is InChI=1S/C19H23N3O/c23-19(21-15-9-4-5-10-15)16-11-6-12-22-17(13-20-18(16)22)14-7-2-1-3-8-14/h1-3,7-8,13,15-16H,4-6,9-12H2,(H,21,23)/t16-/m1/s1. The van der Waals surface area contributed by atoms with Crippen LogP contribution in [0.3, 0.4) is 0 Å². The van der Waals surface area contributed by atoms with Crippen molar-refractivity contribution >= 4 is 5.91 Å². The minimum absolute atomic E-state index is 0.0955. The van der Waals surface area contributed by atoms with Gasteiger partial charge < -0.3 is 9.88 Å². The molecular formula is C19H23N3O. The molecule has 0 bridgehead atoms. The summed E-state index contributed by atoms with van der Waals surface area (Å²) in [6.07, 6.45) is 8.59. The Morgan fingerprint density at radius 2 is 1.87 bits per heavy atom. The summed E-state index contributed by atoms with van der Waals surface area (Å²) in [4.78, 5) is 17.3. The van der Waals surface area contributed by atoms with Crippen molar-refractivity contribution in [2.24, 2.45) is 0 Å². The van der Waals surface area contributed by atoms with Crippen LogP contribution in [0.15, 0.2) is 36.5 Å². The molecule has 0 spiro atoms. The molecule has 2 heterocycles. The lowest BCUT2D eigenvalue weighted by atomic mass is 9.97. The third-order valence-corrected chi connectivity index (χ3v) is 5.16. The van der Waals surface area contributed by atoms with Gasteiger partial charge in [0.2, 0.25) is 5.91 Å². The van der Waals surface area contributed by atoms with E-state index < -0.39 is 0 Å². The van der Waals surface area contributed by atoms with Crippen molar-refractivity contribution in [1.29, 1.82) is 0 Å². The Morgan fingerprint density at radius 3 is 2.65 bits per heavy atom. The second-order valence-corrected chi connectivity index (χ2v) is 6.70. The van der Waals surface area contributed by atoms with Crippen LogP contribution in [0.5, 0.6) is 0 Å². The Hall–Kier alpha value is -2.10. The molecule has 1 aromatic heterocycles. The molecule has 4 heteroatoms. The third-order valence-electron chi connectivity index (χ3n) is 5.16. The molecule has 0 saturated heterocycles. The van der Waals surface area contributed by atoms with Crippen LogP contribution < -0.4 is 5.32 Å². The molecule has 0 radical (unpaired) electrons. The van der Waals surface area contributed by atoms with Gasteiger partial charge in [-0.2, -0.15) is 0 Å². The van der Waals surface area contributed by atoms with Crippen molar-refractivity contribution < 1.29 is 4.79 Å². The zero-order chi connectivity index (χ0) is 15.6. The molecule has 1 amide bonds. The molecule has 2 aromatic rings. The maximum atomic E-state index is 12.7. The van der Waals surface area contributed by atoms with Crippen molar-refractivity contribution in [1.82, 2.24) is 14.9 Å². The van der Waals surface area contributed by atoms with Crippen LogP contribution in [-0.2, 0) is 11.3 Å². The van der Waals surface area contributed by atoms with Gasteiger partial charge in [0.15, 0.2) is 0 Å². The zero-order valence-electron chi connectivity index (χ0n) is 13.4. The summed E-state index contributed by atoms with van der Waals surface area (Å²) in [5.41, 5.74) is 2.29. The lowest BCUT2D eigenvalue weighted by Gasteiger charge is -2.25. The normalized spacial score (nSPS) is 21.1. The quantitative estimate of drug-likeness (QED) is 0.943. The SMILES string of the molecule is O=C(NC1CCCC1)[C@@H]1CCCn2c(-c3ccccc3)cnc21. The number of carbonyl (C=O) groups excluding carboxylic acids is 1. The highest BCUT2D eigenvalue weighted by atomic mass is 16.2. The Kier molecular flexibility index (Phi) is 3.90. The fourth-order valence-electron chi connectivity index (χ4n) is 3.95. The molecular weight excluding hydrogens is 286 g/mol. The molecule has 120 valence electrons. The van der Waals surface area contributed by atoms with Gasteiger partial charge >= 0.3 is 0 Å². The molecule has 1 aromatic carbocycles. The van der Waals surface area contributed by atoms with Crippen LogP contribution in [0.4, 0.5) is 0 Å². The molecule has 1 aliphatic heterocycles. The number of carbonyl (C=O) groups is 1. The predicted molar refractivity (Wildman–Crippen MR) is 90.0 cm³/mol. The number of hydrogen-bond acceptors (Lipinski definition) is 2. The Morgan fingerprint density at radius 1 is 1.09 bits per heavy atom. The molecule has 23 heavy (non-hydrogen) atoms. The van der Waals surface area contributed by atoms with E-state index in [4.69, 9.17) is 0 Å². The van der Waals surface area contributed by atoms with Crippen molar-refractivity contribution in [3.05, 3.63) is 42.4 Å². The highest BCUT2D eigenvalue weighted by molar-refractivity contribution is 5.83. The van der Waals surface area contributed by atoms with Crippen LogP contribution in [-0.4, -0.2) is 21.5 Å². The minimum atomic E-state index is -0.0955. The molecule has 1 saturated carbocycles. The van der Waals surface area contributed by atoms with Gasteiger partial charge in [-0.15, -0.1) is 0 Å². The number of nitrogens with zero attached hydrogens (tertiary/aromatic N) is 2. The first-order valence-electron chi connectivity index (χ1n) is 8.74. The van der Waals surface area contributed by atoms with E-state index in [1.807, 2.05) is 24.4 Å². The second-order valence-electron chi connectivity index (χ2n) is 6.70. The van der Waals surface area contributed by atoms with E-state index >= 15 is 0 Å². The van der Waals surface area contributed by atoms with Crippen molar-refractivity contribution in [2.45, 2.75) is 57.0 Å². The van der Waals surface area contributed by atoms with Gasteiger partial charge in [-0.05, 0) is 31.2 Å². The monoisotopic (exact) mass is 309 g/mol. The van der Waals surface area contributed by atoms with Crippen LogP contribution in [0, 0.1) is 0 Å². The van der Waals surface area contributed by atoms with Crippen molar-refractivity contribution in [3.8, 4) is 11.3 Å². The van der Waals surface area contributed by atoms with Crippen molar-refractivity contribution in [3.63, 3.8) is 0 Å². The van der Waals surface area contributed by atoms with E-state index in [0.29, 0.717) is 6.04 Å². The number of fused-ring (bicyclic) bond motifs is 1. The first-order chi connectivity index (χ1) is 11.3. The van der Waals surface area contributed by atoms with Gasteiger partial charge in [0.1, 0.15) is 5.82 Å². The number of imidazole rings is 1. The first kappa shape index (κ1) is 14.5. The molecule has 2 aliphatic rings. The van der Waals surface area contributed by atoms with Crippen LogP contribution in [0.2, 0.25) is 0 Å². The van der Waals surface area contributed by atoms with Gasteiger partial charge in [-0.25, -0.2) is 4.98 Å². The van der Waals surface area contributed by atoms with Gasteiger partial charge in [-0.1, -0.05) is 43.2 Å². The average molecular weight is 309 g/mol. The number of aromatic nitrogens is 2. The molecule has 1 aliphatic carbocycles. The number of rotatable bonds is 3. The van der Waals surface area contributed by atoms with E-state index in [1.165, 1.54) is 18.4 Å². The first-order valence-corrected chi connectivity index (χ1v) is 8.74. The van der Waals surface area contributed by atoms with E-state index in [-0.39, 0.29) is 11.8 Å². The fraction of sp³-hybridized carbons (Fsp3) is 0.474. The number of amides is 1. The van der Waals surface area contributed by atoms with Gasteiger partial charge in [0, 0.05) is 12.6 Å². The van der Waals surface area contributed by atoms with E-state index in [1.54, 1.807) is 0 Å². The Bertz CT molecular complexity index is 686. The topological polar surface area (TPSA) is 46.9 Å². The maximum absolute atomic E-state index is 12.7. The lowest BCUT2D eigenvalue weighted by Crippen LogP contribution is -2.38. The summed E-state index contributed by atoms with van der Waals surface area (Å²) < 4.78 is 2.23. The van der Waals surface area contributed by atoms with Crippen molar-refractivity contribution in [2.75, 3.05) is 0 Å². The summed E-state index contributed by atoms with van der Waals surface area (Å²) in [5, 5.41) is 3.25. The zero-order valence-corrected chi connectivity index (χ0v) is 13.4. The summed E-state index contributed by atoms with van der Waals surface area (Å²) >= 11 is 0. The predicted octanol–water partition coefficient (Wildman–Crippen LogP) is 3.49. The van der Waals surface area contributed by atoms with Gasteiger partial charge in [0.25, 0.3) is 0 Å². The van der Waals surface area contributed by atoms with E-state index in [9.17, 15) is 4.79 Å². The van der Waals surface area contributed by atoms with E-state index in [0.717, 1.165) is 43.7 Å². The number of hydrogen-bond donors (Lipinski definition) is 1. The molecule has 1 fully saturated rings. The summed E-state index contributed by atoms with van der Waals surface area (Å²) in [7, 11) is 0. The highest BCUT2D eigenvalue weighted by Gasteiger charge is 2.31. The van der Waals surface area contributed by atoms with Crippen LogP contribution >= 0.6 is 0 Å². The number of nitrogens with one attached hydrogen (secondary N) is 1. The van der Waals surface area contributed by atoms with Gasteiger partial charge in [0.05, 0.1) is 17.8 Å². The van der Waals surface area contributed by atoms with E-state index in [2.05, 4.69) is 27.0 Å². The highest BCUT2D eigenvalue weighted by Crippen LogP contribution is 2.32. The number of benzene rings is 1. The minimum Gasteiger partial charge on any atom is -0.353 e. The van der Waals surface area contributed by atoms with Gasteiger partial charge in [-0.3, -0.25) is 4.79 Å². The Balaban J connectivity index is 1.59. The maximum Gasteiger partial charge on any atom is 0.230 e. The lowest BCUT2D eigenvalue weighted by molar-refractivity contribution is -0.123. The summed E-state index contributed by atoms with van der Waals surface area (Å²) in [6.45, 7) is 0.951. The smallest absolute Gasteiger partial charge is 0.230 e. The molecule has 4 nitrogen and oxygen atoms in total. The summed E-state index contributed by atoms with van der Waals surface area (Å²) in [6, 6.07) is 10.7. The van der Waals surface area contributed by atoms with Crippen LogP contribution in [0.1, 0.15) is 50.3 Å². The fourth-order valence-corrected chi connectivity index (χ4v) is 3.95. The average Bonchev–Trinajstić information content (AvgIpc) is 3.24. The molecule has 4 rings (SSSR count). The van der Waals surface area contributed by atoms with Crippen LogP contribution in [0.25, 0.3) is 11.3 Å². The largest absolute Gasteiger partial charge is 0.353 e. The Labute approximate surface area is 136 Å². The molecule has 1 atom stereocenters. The summed E-state index contributed by atoms with van der Waals surface area (Å²) in [5.74, 6) is 1.01.